The van der Waals surface area contributed by atoms with Crippen LogP contribution in [0.2, 0.25) is 0 Å². The van der Waals surface area contributed by atoms with Crippen molar-refractivity contribution in [3.63, 3.8) is 0 Å². The number of fused-ring (bicyclic) bond motifs is 1. The molecule has 1 aromatic heterocycles. The lowest BCUT2D eigenvalue weighted by Gasteiger charge is -2.42. The molecule has 0 radical (unpaired) electrons. The molecule has 2 aliphatic rings. The summed E-state index contributed by atoms with van der Waals surface area (Å²) in [6, 6.07) is 12.6. The number of amides is 2. The van der Waals surface area contributed by atoms with Gasteiger partial charge >= 0.3 is 0 Å². The van der Waals surface area contributed by atoms with Gasteiger partial charge in [-0.1, -0.05) is 18.2 Å². The van der Waals surface area contributed by atoms with Crippen molar-refractivity contribution in [1.29, 1.82) is 0 Å². The van der Waals surface area contributed by atoms with Gasteiger partial charge in [-0.2, -0.15) is 0 Å². The summed E-state index contributed by atoms with van der Waals surface area (Å²) in [5.74, 6) is 0.911. The van der Waals surface area contributed by atoms with Crippen LogP contribution >= 0.6 is 0 Å². The van der Waals surface area contributed by atoms with Crippen molar-refractivity contribution in [1.82, 2.24) is 14.8 Å². The van der Waals surface area contributed by atoms with Crippen molar-refractivity contribution in [2.24, 2.45) is 0 Å². The predicted molar refractivity (Wildman–Crippen MR) is 128 cm³/mol. The van der Waals surface area contributed by atoms with E-state index in [9.17, 15) is 9.59 Å². The quantitative estimate of drug-likeness (QED) is 0.742. The lowest BCUT2D eigenvalue weighted by Crippen LogP contribution is -2.52. The lowest BCUT2D eigenvalue weighted by atomic mass is 10.0. The zero-order valence-corrected chi connectivity index (χ0v) is 19.8. The Kier molecular flexibility index (Phi) is 5.95. The molecule has 2 amide bonds. The minimum Gasteiger partial charge on any atom is -0.354 e. The first-order valence-corrected chi connectivity index (χ1v) is 11.3. The second-order valence-electron chi connectivity index (χ2n) is 9.73. The standard InChI is InChI=1S/C25H33N5O2/c1-18(31)29-13-11-28(12-14-29)16-19-7-6-8-20(15-19)21-9-10-22-24(26-21)27(5)23(32)17-30(22)25(2,3)4/h6-10,15H,11-14,16-17H2,1-5H3. The second kappa shape index (κ2) is 8.54. The maximum atomic E-state index is 12.6. The van der Waals surface area contributed by atoms with Crippen LogP contribution in [0.3, 0.4) is 0 Å². The molecule has 0 N–H and O–H groups in total. The molecule has 4 rings (SSSR count). The normalized spacial score (nSPS) is 17.5. The third kappa shape index (κ3) is 4.48. The SMILES string of the molecule is CC(=O)N1CCN(Cc2cccc(-c3ccc4c(n3)N(C)C(=O)CN4C(C)(C)C)c2)CC1. The van der Waals surface area contributed by atoms with Gasteiger partial charge in [0.2, 0.25) is 11.8 Å². The number of benzene rings is 1. The molecule has 170 valence electrons. The van der Waals surface area contributed by atoms with Crippen LogP contribution in [0.4, 0.5) is 11.5 Å². The fraction of sp³-hybridized carbons (Fsp3) is 0.480. The Morgan fingerprint density at radius 1 is 1.06 bits per heavy atom. The van der Waals surface area contributed by atoms with Gasteiger partial charge in [-0.25, -0.2) is 4.98 Å². The van der Waals surface area contributed by atoms with E-state index in [0.29, 0.717) is 12.4 Å². The van der Waals surface area contributed by atoms with E-state index >= 15 is 0 Å². The predicted octanol–water partition coefficient (Wildman–Crippen LogP) is 2.99. The molecule has 0 unspecified atom stereocenters. The number of piperazine rings is 1. The first-order valence-electron chi connectivity index (χ1n) is 11.3. The van der Waals surface area contributed by atoms with Gasteiger partial charge in [-0.15, -0.1) is 0 Å². The van der Waals surface area contributed by atoms with Crippen LogP contribution in [0.25, 0.3) is 11.3 Å². The van der Waals surface area contributed by atoms with Crippen LogP contribution in [-0.4, -0.2) is 71.9 Å². The number of nitrogens with zero attached hydrogens (tertiary/aromatic N) is 5. The molecule has 1 saturated heterocycles. The van der Waals surface area contributed by atoms with Crippen molar-refractivity contribution in [2.45, 2.75) is 39.8 Å². The van der Waals surface area contributed by atoms with Gasteiger partial charge in [-0.3, -0.25) is 19.4 Å². The van der Waals surface area contributed by atoms with Crippen molar-refractivity contribution in [3.05, 3.63) is 42.0 Å². The highest BCUT2D eigenvalue weighted by atomic mass is 16.2. The van der Waals surface area contributed by atoms with E-state index in [2.05, 4.69) is 60.9 Å². The van der Waals surface area contributed by atoms with Crippen LogP contribution in [-0.2, 0) is 16.1 Å². The average Bonchev–Trinajstić information content (AvgIpc) is 2.76. The first kappa shape index (κ1) is 22.3. The molecule has 0 bridgehead atoms. The van der Waals surface area contributed by atoms with Gasteiger partial charge in [0.05, 0.1) is 17.9 Å². The molecule has 32 heavy (non-hydrogen) atoms. The second-order valence-corrected chi connectivity index (χ2v) is 9.73. The van der Waals surface area contributed by atoms with E-state index < -0.39 is 0 Å². The molecule has 7 nitrogen and oxygen atoms in total. The van der Waals surface area contributed by atoms with Crippen molar-refractivity contribution in [3.8, 4) is 11.3 Å². The molecular weight excluding hydrogens is 402 g/mol. The number of carbonyl (C=O) groups excluding carboxylic acids is 2. The van der Waals surface area contributed by atoms with Crippen LogP contribution in [0.1, 0.15) is 33.3 Å². The maximum absolute atomic E-state index is 12.6. The maximum Gasteiger partial charge on any atom is 0.247 e. The average molecular weight is 436 g/mol. The van der Waals surface area contributed by atoms with Crippen LogP contribution < -0.4 is 9.80 Å². The molecule has 7 heteroatoms. The molecule has 1 fully saturated rings. The Morgan fingerprint density at radius 2 is 1.78 bits per heavy atom. The fourth-order valence-corrected chi connectivity index (χ4v) is 4.41. The van der Waals surface area contributed by atoms with E-state index in [4.69, 9.17) is 4.98 Å². The van der Waals surface area contributed by atoms with Crippen LogP contribution in [0.5, 0.6) is 0 Å². The number of pyridine rings is 1. The molecule has 0 saturated carbocycles. The van der Waals surface area contributed by atoms with Crippen LogP contribution in [0, 0.1) is 0 Å². The summed E-state index contributed by atoms with van der Waals surface area (Å²) >= 11 is 0. The summed E-state index contributed by atoms with van der Waals surface area (Å²) in [5.41, 5.74) is 3.95. The topological polar surface area (TPSA) is 60.0 Å². The number of likely N-dealkylation sites (N-methyl/N-ethyl adjacent to an activating group) is 1. The summed E-state index contributed by atoms with van der Waals surface area (Å²) in [5, 5.41) is 0. The van der Waals surface area contributed by atoms with Gasteiger partial charge in [-0.05, 0) is 44.5 Å². The Balaban J connectivity index is 1.56. The van der Waals surface area contributed by atoms with Gasteiger partial charge in [0.15, 0.2) is 5.82 Å². The smallest absolute Gasteiger partial charge is 0.247 e. The minimum atomic E-state index is -0.165. The van der Waals surface area contributed by atoms with E-state index in [-0.39, 0.29) is 17.4 Å². The molecule has 0 aliphatic carbocycles. The molecule has 2 aromatic rings. The molecule has 0 spiro atoms. The molecule has 2 aliphatic heterocycles. The lowest BCUT2D eigenvalue weighted by molar-refractivity contribution is -0.130. The highest BCUT2D eigenvalue weighted by molar-refractivity contribution is 6.02. The van der Waals surface area contributed by atoms with Crippen molar-refractivity contribution >= 4 is 23.3 Å². The molecule has 3 heterocycles. The third-order valence-electron chi connectivity index (χ3n) is 6.39. The number of aromatic nitrogens is 1. The van der Waals surface area contributed by atoms with Crippen molar-refractivity contribution in [2.75, 3.05) is 49.6 Å². The van der Waals surface area contributed by atoms with Gasteiger partial charge in [0.1, 0.15) is 0 Å². The molecule has 0 atom stereocenters. The summed E-state index contributed by atoms with van der Waals surface area (Å²) < 4.78 is 0. The van der Waals surface area contributed by atoms with Crippen LogP contribution in [0.15, 0.2) is 36.4 Å². The Labute approximate surface area is 190 Å². The largest absolute Gasteiger partial charge is 0.354 e. The summed E-state index contributed by atoms with van der Waals surface area (Å²) in [6.07, 6.45) is 0. The summed E-state index contributed by atoms with van der Waals surface area (Å²) in [7, 11) is 1.80. The van der Waals surface area contributed by atoms with Gasteiger partial charge in [0, 0.05) is 57.8 Å². The van der Waals surface area contributed by atoms with E-state index in [1.165, 1.54) is 5.56 Å². The number of hydrogen-bond donors (Lipinski definition) is 0. The highest BCUT2D eigenvalue weighted by Crippen LogP contribution is 2.37. The Hall–Kier alpha value is -2.93. The number of carbonyl (C=O) groups is 2. The molecular formula is C25H33N5O2. The van der Waals surface area contributed by atoms with Crippen molar-refractivity contribution < 1.29 is 9.59 Å². The Morgan fingerprint density at radius 3 is 2.44 bits per heavy atom. The minimum absolute atomic E-state index is 0.0514. The monoisotopic (exact) mass is 435 g/mol. The zero-order chi connectivity index (χ0) is 23.0. The fourth-order valence-electron chi connectivity index (χ4n) is 4.41. The zero-order valence-electron chi connectivity index (χ0n) is 19.8. The summed E-state index contributed by atoms with van der Waals surface area (Å²) in [4.78, 5) is 37.2. The summed E-state index contributed by atoms with van der Waals surface area (Å²) in [6.45, 7) is 12.5. The third-order valence-corrected chi connectivity index (χ3v) is 6.39. The Bertz CT molecular complexity index is 1020. The highest BCUT2D eigenvalue weighted by Gasteiger charge is 2.34. The number of anilines is 2. The van der Waals surface area contributed by atoms with Gasteiger partial charge < -0.3 is 9.80 Å². The van der Waals surface area contributed by atoms with E-state index in [1.807, 2.05) is 11.0 Å². The molecule has 1 aromatic carbocycles. The van der Waals surface area contributed by atoms with Gasteiger partial charge in [0.25, 0.3) is 0 Å². The number of hydrogen-bond acceptors (Lipinski definition) is 5. The first-order chi connectivity index (χ1) is 15.1. The van der Waals surface area contributed by atoms with E-state index in [1.54, 1.807) is 18.9 Å². The number of rotatable bonds is 3. The van der Waals surface area contributed by atoms with E-state index in [0.717, 1.165) is 49.7 Å².